The Balaban J connectivity index is 1.45. The van der Waals surface area contributed by atoms with E-state index in [1.165, 1.54) is 0 Å². The molecule has 41 heavy (non-hydrogen) atoms. The van der Waals surface area contributed by atoms with Crippen LogP contribution in [0.5, 0.6) is 5.75 Å². The number of unbranched alkanes of at least 4 members (excludes halogenated alkanes) is 2. The molecule has 5 rings (SSSR count). The van der Waals surface area contributed by atoms with Crippen molar-refractivity contribution < 1.29 is 24.2 Å². The zero-order chi connectivity index (χ0) is 29.3. The number of nitrogens with zero attached hydrogens (tertiary/aromatic N) is 1. The Morgan fingerprint density at radius 3 is 2.54 bits per heavy atom. The highest BCUT2D eigenvalue weighted by atomic mass is 32.2. The van der Waals surface area contributed by atoms with E-state index < -0.39 is 22.6 Å². The molecule has 3 heterocycles. The highest BCUT2D eigenvalue weighted by molar-refractivity contribution is 8.02. The maximum atomic E-state index is 14.2. The molecular weight excluding hydrogens is 538 g/mol. The number of carbonyl (C=O) groups is 3. The van der Waals surface area contributed by atoms with Crippen LogP contribution >= 0.6 is 11.8 Å². The second kappa shape index (κ2) is 12.1. The van der Waals surface area contributed by atoms with E-state index in [0.29, 0.717) is 31.7 Å². The molecule has 0 aliphatic carbocycles. The Labute approximate surface area is 246 Å². The zero-order valence-corrected chi connectivity index (χ0v) is 25.1. The highest BCUT2D eigenvalue weighted by Crippen LogP contribution is 2.68. The third kappa shape index (κ3) is 5.34. The second-order valence-corrected chi connectivity index (χ2v) is 13.2. The van der Waals surface area contributed by atoms with Gasteiger partial charge in [0.15, 0.2) is 0 Å². The molecule has 9 heteroatoms. The van der Waals surface area contributed by atoms with Crippen molar-refractivity contribution in [2.45, 2.75) is 69.4 Å². The summed E-state index contributed by atoms with van der Waals surface area (Å²) in [6.45, 7) is 9.07. The zero-order valence-electron chi connectivity index (χ0n) is 24.3. The molecule has 3 aliphatic heterocycles. The molecule has 3 amide bonds. The number of anilines is 2. The number of aryl methyl sites for hydroxylation is 2. The fourth-order valence-electron chi connectivity index (χ4n) is 7.03. The molecule has 2 aromatic rings. The first-order valence-corrected chi connectivity index (χ1v) is 15.6. The van der Waals surface area contributed by atoms with Gasteiger partial charge in [-0.25, -0.2) is 0 Å². The van der Waals surface area contributed by atoms with Gasteiger partial charge in [-0.2, -0.15) is 0 Å². The topological polar surface area (TPSA) is 108 Å². The first kappa shape index (κ1) is 29.5. The van der Waals surface area contributed by atoms with Gasteiger partial charge >= 0.3 is 0 Å². The number of aliphatic hydroxyl groups is 1. The molecule has 220 valence electrons. The summed E-state index contributed by atoms with van der Waals surface area (Å²) in [5, 5.41) is 15.4. The number of thioether (sulfide) groups is 1. The van der Waals surface area contributed by atoms with Crippen LogP contribution in [-0.4, -0.2) is 63.5 Å². The molecule has 0 aromatic heterocycles. The third-order valence-electron chi connectivity index (χ3n) is 8.94. The van der Waals surface area contributed by atoms with Gasteiger partial charge in [-0.05, 0) is 93.8 Å². The van der Waals surface area contributed by atoms with E-state index >= 15 is 0 Å². The summed E-state index contributed by atoms with van der Waals surface area (Å²) in [6, 6.07) is 12.5. The molecule has 3 aliphatic rings. The van der Waals surface area contributed by atoms with Gasteiger partial charge in [0.25, 0.3) is 0 Å². The van der Waals surface area contributed by atoms with Crippen molar-refractivity contribution in [2.24, 2.45) is 17.8 Å². The van der Waals surface area contributed by atoms with E-state index in [1.54, 1.807) is 16.7 Å². The number of aliphatic hydroxyl groups excluding tert-OH is 1. The molecular formula is C32H41N3O5S. The van der Waals surface area contributed by atoms with E-state index in [-0.39, 0.29) is 35.5 Å². The van der Waals surface area contributed by atoms with E-state index in [4.69, 9.17) is 4.74 Å². The maximum Gasteiger partial charge on any atom is 0.248 e. The largest absolute Gasteiger partial charge is 0.494 e. The summed E-state index contributed by atoms with van der Waals surface area (Å²) in [6.07, 6.45) is 2.88. The first-order valence-electron chi connectivity index (χ1n) is 14.7. The summed E-state index contributed by atoms with van der Waals surface area (Å²) < 4.78 is 4.84. The lowest BCUT2D eigenvalue weighted by atomic mass is 9.66. The fraction of sp³-hybridized carbons (Fsp3) is 0.531. The van der Waals surface area contributed by atoms with Crippen molar-refractivity contribution in [3.8, 4) is 5.75 Å². The number of amides is 3. The minimum Gasteiger partial charge on any atom is -0.494 e. The average molecular weight is 580 g/mol. The van der Waals surface area contributed by atoms with Crippen molar-refractivity contribution in [1.82, 2.24) is 4.90 Å². The van der Waals surface area contributed by atoms with Crippen LogP contribution in [0.2, 0.25) is 0 Å². The van der Waals surface area contributed by atoms with Crippen LogP contribution in [0.4, 0.5) is 11.4 Å². The molecule has 3 saturated heterocycles. The minimum atomic E-state index is -0.679. The summed E-state index contributed by atoms with van der Waals surface area (Å²) in [4.78, 5) is 44.0. The van der Waals surface area contributed by atoms with Crippen molar-refractivity contribution in [1.29, 1.82) is 0 Å². The predicted octanol–water partition coefficient (Wildman–Crippen LogP) is 4.78. The fourth-order valence-corrected chi connectivity index (χ4v) is 9.45. The lowest BCUT2D eigenvalue weighted by Gasteiger charge is -2.38. The van der Waals surface area contributed by atoms with Gasteiger partial charge in [0.2, 0.25) is 17.7 Å². The lowest BCUT2D eigenvalue weighted by Crippen LogP contribution is -2.54. The van der Waals surface area contributed by atoms with Crippen molar-refractivity contribution in [3.05, 3.63) is 53.6 Å². The van der Waals surface area contributed by atoms with Crippen LogP contribution in [0.25, 0.3) is 0 Å². The molecule has 3 N–H and O–H groups in total. The average Bonchev–Trinajstić information content (AvgIpc) is 3.53. The monoisotopic (exact) mass is 579 g/mol. The molecule has 3 unspecified atom stereocenters. The van der Waals surface area contributed by atoms with E-state index in [1.807, 2.05) is 63.2 Å². The number of ether oxygens (including phenoxy) is 1. The molecule has 2 bridgehead atoms. The molecule has 3 fully saturated rings. The van der Waals surface area contributed by atoms with Gasteiger partial charge in [-0.15, -0.1) is 11.8 Å². The number of carbonyl (C=O) groups excluding carboxylic acids is 3. The van der Waals surface area contributed by atoms with E-state index in [9.17, 15) is 19.5 Å². The number of rotatable bonds is 11. The van der Waals surface area contributed by atoms with Crippen LogP contribution in [-0.2, 0) is 14.4 Å². The van der Waals surface area contributed by atoms with E-state index in [0.717, 1.165) is 35.4 Å². The SMILES string of the molecule is CCOc1ccc(NC(=O)[C@@H]2[C@H]3C(=O)N(CCCCCO)C(C(=O)Nc4cc(C)ccc4C)C34S[C@@H]2CC4C)cc1. The summed E-state index contributed by atoms with van der Waals surface area (Å²) in [5.41, 5.74) is 3.41. The van der Waals surface area contributed by atoms with Gasteiger partial charge in [-0.1, -0.05) is 19.1 Å². The van der Waals surface area contributed by atoms with Gasteiger partial charge in [-0.3, -0.25) is 14.4 Å². The second-order valence-electron chi connectivity index (χ2n) is 11.6. The van der Waals surface area contributed by atoms with Crippen molar-refractivity contribution >= 4 is 40.9 Å². The minimum absolute atomic E-state index is 0.0332. The van der Waals surface area contributed by atoms with Gasteiger partial charge in [0.05, 0.1) is 23.2 Å². The Kier molecular flexibility index (Phi) is 8.66. The summed E-state index contributed by atoms with van der Waals surface area (Å²) >= 11 is 1.68. The molecule has 2 aromatic carbocycles. The lowest BCUT2D eigenvalue weighted by molar-refractivity contribution is -0.138. The Bertz CT molecular complexity index is 1300. The number of benzene rings is 2. The molecule has 1 spiro atoms. The number of likely N-dealkylation sites (tertiary alicyclic amines) is 1. The quantitative estimate of drug-likeness (QED) is 0.331. The normalized spacial score (nSPS) is 28.1. The Morgan fingerprint density at radius 1 is 1.07 bits per heavy atom. The predicted molar refractivity (Wildman–Crippen MR) is 162 cm³/mol. The van der Waals surface area contributed by atoms with Gasteiger partial charge in [0, 0.05) is 29.8 Å². The Hall–Kier alpha value is -3.04. The maximum absolute atomic E-state index is 14.2. The van der Waals surface area contributed by atoms with Crippen molar-refractivity contribution in [2.75, 3.05) is 30.4 Å². The molecule has 6 atom stereocenters. The number of fused-ring (bicyclic) bond motifs is 1. The van der Waals surface area contributed by atoms with Crippen LogP contribution in [0.1, 0.15) is 50.7 Å². The van der Waals surface area contributed by atoms with Crippen LogP contribution in [0, 0.1) is 31.6 Å². The highest BCUT2D eigenvalue weighted by Gasteiger charge is 2.75. The van der Waals surface area contributed by atoms with Crippen LogP contribution in [0.15, 0.2) is 42.5 Å². The van der Waals surface area contributed by atoms with Gasteiger partial charge < -0.3 is 25.4 Å². The van der Waals surface area contributed by atoms with Crippen molar-refractivity contribution in [3.63, 3.8) is 0 Å². The van der Waals surface area contributed by atoms with E-state index in [2.05, 4.69) is 17.6 Å². The molecule has 0 saturated carbocycles. The first-order chi connectivity index (χ1) is 19.7. The van der Waals surface area contributed by atoms with Crippen LogP contribution < -0.4 is 15.4 Å². The molecule has 8 nitrogen and oxygen atoms in total. The summed E-state index contributed by atoms with van der Waals surface area (Å²) in [7, 11) is 0. The Morgan fingerprint density at radius 2 is 1.83 bits per heavy atom. The smallest absolute Gasteiger partial charge is 0.248 e. The van der Waals surface area contributed by atoms with Gasteiger partial charge in [0.1, 0.15) is 11.8 Å². The van der Waals surface area contributed by atoms with Crippen LogP contribution in [0.3, 0.4) is 0 Å². The summed E-state index contributed by atoms with van der Waals surface area (Å²) in [5.74, 6) is -0.737. The molecule has 0 radical (unpaired) electrons. The number of hydrogen-bond acceptors (Lipinski definition) is 6. The number of nitrogens with one attached hydrogen (secondary N) is 2. The number of hydrogen-bond donors (Lipinski definition) is 3. The third-order valence-corrected chi connectivity index (χ3v) is 11.0. The standard InChI is InChI=1S/C32H41N3O5S/c1-5-40-23-13-11-22(12-14-23)33-29(37)26-25-18-21(4)32(41-25)27(26)31(39)35(15-7-6-8-16-36)28(32)30(38)34-24-17-19(2)9-10-20(24)3/h9-14,17,21,25-28,36H,5-8,15-16,18H2,1-4H3,(H,33,37)(H,34,38)/t21?,25-,26+,27+,28?,32?/m1/s1.